The Balaban J connectivity index is 2.65. The lowest BCUT2D eigenvalue weighted by Gasteiger charge is -1.94. The molecule has 1 aromatic carbocycles. The summed E-state index contributed by atoms with van der Waals surface area (Å²) in [6.45, 7) is 0. The summed E-state index contributed by atoms with van der Waals surface area (Å²) >= 11 is 0. The summed E-state index contributed by atoms with van der Waals surface area (Å²) < 4.78 is 2.09. The second-order valence-corrected chi connectivity index (χ2v) is 3.14. The van der Waals surface area contributed by atoms with Crippen LogP contribution in [0.4, 0.5) is 0 Å². The zero-order chi connectivity index (χ0) is 8.67. The molecule has 0 amide bonds. The first kappa shape index (κ1) is 6.66. The molecule has 0 aliphatic heterocycles. The highest BCUT2D eigenvalue weighted by molar-refractivity contribution is 5.92. The predicted octanol–water partition coefficient (Wildman–Crippen LogP) is 1.91. The van der Waals surface area contributed by atoms with Crippen LogP contribution in [0.3, 0.4) is 0 Å². The molecule has 2 aromatic heterocycles. The highest BCUT2D eigenvalue weighted by atomic mass is 15.0. The van der Waals surface area contributed by atoms with Crippen LogP contribution in [0.5, 0.6) is 0 Å². The topological polar surface area (TPSA) is 19.9 Å². The van der Waals surface area contributed by atoms with Gasteiger partial charge >= 0.3 is 0 Å². The lowest BCUT2D eigenvalue weighted by Crippen LogP contribution is -2.16. The normalized spacial score (nSPS) is 11.1. The first-order valence-electron chi connectivity index (χ1n) is 4.31. The fourth-order valence-electron chi connectivity index (χ4n) is 1.72. The Bertz CT molecular complexity index is 566. The lowest BCUT2D eigenvalue weighted by molar-refractivity contribution is -0.509. The van der Waals surface area contributed by atoms with Gasteiger partial charge in [0.25, 0.3) is 0 Å². The van der Waals surface area contributed by atoms with Gasteiger partial charge in [0.1, 0.15) is 6.20 Å². The van der Waals surface area contributed by atoms with Crippen molar-refractivity contribution >= 4 is 16.3 Å². The summed E-state index contributed by atoms with van der Waals surface area (Å²) in [5.41, 5.74) is 1.22. The van der Waals surface area contributed by atoms with Crippen LogP contribution in [0.25, 0.3) is 16.3 Å². The van der Waals surface area contributed by atoms with Crippen molar-refractivity contribution in [3.8, 4) is 0 Å². The number of hydrogen-bond acceptors (Lipinski definition) is 0. The molecule has 13 heavy (non-hydrogen) atoms. The van der Waals surface area contributed by atoms with Crippen LogP contribution in [-0.2, 0) is 0 Å². The molecule has 3 aromatic rings. The minimum absolute atomic E-state index is 1.22. The van der Waals surface area contributed by atoms with Crippen LogP contribution in [0.1, 0.15) is 0 Å². The van der Waals surface area contributed by atoms with E-state index in [1.807, 2.05) is 12.5 Å². The van der Waals surface area contributed by atoms with E-state index in [9.17, 15) is 0 Å². The van der Waals surface area contributed by atoms with E-state index in [-0.39, 0.29) is 0 Å². The van der Waals surface area contributed by atoms with Gasteiger partial charge < -0.3 is 0 Å². The minimum Gasteiger partial charge on any atom is -0.249 e. The highest BCUT2D eigenvalue weighted by Gasteiger charge is 2.03. The van der Waals surface area contributed by atoms with Gasteiger partial charge in [0.2, 0.25) is 6.33 Å². The average Bonchev–Trinajstić information content (AvgIpc) is 2.65. The van der Waals surface area contributed by atoms with Crippen LogP contribution in [0, 0.1) is 0 Å². The summed E-state index contributed by atoms with van der Waals surface area (Å²) in [5, 5.41) is 2.56. The summed E-state index contributed by atoms with van der Waals surface area (Å²) in [4.78, 5) is 3.09. The third-order valence-corrected chi connectivity index (χ3v) is 2.36. The van der Waals surface area contributed by atoms with Gasteiger partial charge in [-0.1, -0.05) is 18.2 Å². The zero-order valence-electron chi connectivity index (χ0n) is 7.07. The number of pyridine rings is 1. The Morgan fingerprint density at radius 2 is 2.00 bits per heavy atom. The van der Waals surface area contributed by atoms with Gasteiger partial charge in [-0.15, -0.1) is 0 Å². The van der Waals surface area contributed by atoms with Crippen molar-refractivity contribution in [3.63, 3.8) is 0 Å². The summed E-state index contributed by atoms with van der Waals surface area (Å²) in [7, 11) is 0. The molecule has 2 heteroatoms. The average molecular weight is 169 g/mol. The summed E-state index contributed by atoms with van der Waals surface area (Å²) in [5.74, 6) is 0. The molecular formula is C11H9N2+. The molecule has 0 spiro atoms. The van der Waals surface area contributed by atoms with Crippen molar-refractivity contribution in [2.24, 2.45) is 0 Å². The Morgan fingerprint density at radius 3 is 3.00 bits per heavy atom. The Hall–Kier alpha value is -1.83. The number of nitrogens with zero attached hydrogens (tertiary/aromatic N) is 1. The quantitative estimate of drug-likeness (QED) is 0.496. The molecule has 0 aliphatic rings. The molecule has 0 fully saturated rings. The van der Waals surface area contributed by atoms with E-state index in [1.54, 1.807) is 0 Å². The van der Waals surface area contributed by atoms with Gasteiger partial charge in [-0.05, 0) is 17.5 Å². The predicted molar refractivity (Wildman–Crippen MR) is 51.5 cm³/mol. The fraction of sp³-hybridized carbons (Fsp3) is 0. The number of aromatic amines is 1. The van der Waals surface area contributed by atoms with Crippen LogP contribution in [-0.4, -0.2) is 4.98 Å². The highest BCUT2D eigenvalue weighted by Crippen LogP contribution is 2.15. The lowest BCUT2D eigenvalue weighted by atomic mass is 10.1. The second-order valence-electron chi connectivity index (χ2n) is 3.14. The van der Waals surface area contributed by atoms with E-state index < -0.39 is 0 Å². The van der Waals surface area contributed by atoms with Crippen molar-refractivity contribution in [1.82, 2.24) is 4.98 Å². The number of rotatable bonds is 0. The van der Waals surface area contributed by atoms with E-state index in [2.05, 4.69) is 45.9 Å². The number of aromatic nitrogens is 2. The Morgan fingerprint density at radius 1 is 1.08 bits per heavy atom. The standard InChI is InChI=1S/C11H8N2/c1-2-4-10-9(3-1)5-6-13-8-12-7-11(10)13/h1-8H/p+1. The molecule has 2 nitrogen and oxygen atoms in total. The zero-order valence-corrected chi connectivity index (χ0v) is 7.07. The van der Waals surface area contributed by atoms with Gasteiger partial charge in [-0.2, -0.15) is 0 Å². The van der Waals surface area contributed by atoms with E-state index in [4.69, 9.17) is 0 Å². The van der Waals surface area contributed by atoms with E-state index in [0.29, 0.717) is 0 Å². The minimum atomic E-state index is 1.22. The van der Waals surface area contributed by atoms with Crippen molar-refractivity contribution < 1.29 is 4.40 Å². The molecular weight excluding hydrogens is 160 g/mol. The van der Waals surface area contributed by atoms with Crippen LogP contribution >= 0.6 is 0 Å². The number of hydrogen-bond donors (Lipinski definition) is 1. The van der Waals surface area contributed by atoms with Crippen LogP contribution in [0.15, 0.2) is 49.1 Å². The summed E-state index contributed by atoms with van der Waals surface area (Å²) in [6, 6.07) is 10.5. The molecule has 0 bridgehead atoms. The molecule has 3 rings (SSSR count). The second kappa shape index (κ2) is 2.33. The van der Waals surface area contributed by atoms with Gasteiger partial charge in [0.15, 0.2) is 5.52 Å². The maximum atomic E-state index is 3.09. The molecule has 0 aliphatic carbocycles. The largest absolute Gasteiger partial charge is 0.249 e. The Kier molecular flexibility index (Phi) is 1.19. The van der Waals surface area contributed by atoms with Crippen molar-refractivity contribution in [1.29, 1.82) is 0 Å². The number of H-pyrrole nitrogens is 1. The van der Waals surface area contributed by atoms with Crippen LogP contribution in [0.2, 0.25) is 0 Å². The van der Waals surface area contributed by atoms with E-state index in [1.165, 1.54) is 16.3 Å². The van der Waals surface area contributed by atoms with Crippen molar-refractivity contribution in [3.05, 3.63) is 49.1 Å². The number of fused-ring (bicyclic) bond motifs is 3. The molecule has 0 radical (unpaired) electrons. The summed E-state index contributed by atoms with van der Waals surface area (Å²) in [6.07, 6.45) is 6.03. The van der Waals surface area contributed by atoms with Gasteiger partial charge in [0, 0.05) is 5.39 Å². The maximum Gasteiger partial charge on any atom is 0.246 e. The first-order chi connectivity index (χ1) is 6.45. The van der Waals surface area contributed by atoms with Crippen molar-refractivity contribution in [2.75, 3.05) is 0 Å². The Labute approximate surface area is 75.5 Å². The molecule has 0 saturated heterocycles. The molecule has 0 unspecified atom stereocenters. The number of imidazole rings is 1. The van der Waals surface area contributed by atoms with Gasteiger partial charge in [0.05, 0.1) is 6.20 Å². The smallest absolute Gasteiger partial charge is 0.246 e. The molecule has 62 valence electrons. The monoisotopic (exact) mass is 169 g/mol. The number of nitrogens with one attached hydrogen (secondary N) is 1. The molecule has 0 saturated carbocycles. The SMILES string of the molecule is c1ccc2c(c1)cc[n+]1c[nH]cc21. The maximum absolute atomic E-state index is 3.09. The van der Waals surface area contributed by atoms with E-state index in [0.717, 1.165) is 0 Å². The fourth-order valence-corrected chi connectivity index (χ4v) is 1.72. The molecule has 0 atom stereocenters. The molecule has 2 heterocycles. The van der Waals surface area contributed by atoms with Gasteiger partial charge in [-0.3, -0.25) is 0 Å². The third kappa shape index (κ3) is 0.855. The first-order valence-corrected chi connectivity index (χ1v) is 4.31. The third-order valence-electron chi connectivity index (χ3n) is 2.36. The van der Waals surface area contributed by atoms with Crippen molar-refractivity contribution in [2.45, 2.75) is 0 Å². The van der Waals surface area contributed by atoms with E-state index >= 15 is 0 Å². The van der Waals surface area contributed by atoms with Crippen LogP contribution < -0.4 is 4.40 Å². The molecule has 1 N–H and O–H groups in total. The van der Waals surface area contributed by atoms with Gasteiger partial charge in [-0.25, -0.2) is 9.38 Å². The number of benzene rings is 1.